The molecule has 1 aliphatic rings. The molecule has 3 aromatic heterocycles. The van der Waals surface area contributed by atoms with Gasteiger partial charge < -0.3 is 4.57 Å². The van der Waals surface area contributed by atoms with Gasteiger partial charge in [-0.05, 0) is 49.6 Å². The minimum absolute atomic E-state index is 0.0676. The molecule has 1 saturated carbocycles. The van der Waals surface area contributed by atoms with Gasteiger partial charge in [-0.2, -0.15) is 0 Å². The molecule has 0 bridgehead atoms. The molecule has 1 aliphatic carbocycles. The SMILES string of the molecule is CS(=O)(=O)CCCn1c(Cn2c(=O)n(C3CC3)c3ccncc32)cc2cc(F)ccc21. The summed E-state index contributed by atoms with van der Waals surface area (Å²) in [4.78, 5) is 17.5. The van der Waals surface area contributed by atoms with Gasteiger partial charge in [0.2, 0.25) is 0 Å². The number of aromatic nitrogens is 4. The monoisotopic (exact) mass is 442 g/mol. The van der Waals surface area contributed by atoms with Crippen LogP contribution in [0.25, 0.3) is 21.9 Å². The molecule has 7 nitrogen and oxygen atoms in total. The van der Waals surface area contributed by atoms with Crippen LogP contribution in [-0.4, -0.2) is 39.1 Å². The van der Waals surface area contributed by atoms with Crippen LogP contribution in [-0.2, 0) is 22.9 Å². The van der Waals surface area contributed by atoms with Crippen molar-refractivity contribution in [3.63, 3.8) is 0 Å². The highest BCUT2D eigenvalue weighted by atomic mass is 32.2. The maximum absolute atomic E-state index is 13.8. The third kappa shape index (κ3) is 3.78. The Labute approximate surface area is 178 Å². The number of sulfone groups is 1. The van der Waals surface area contributed by atoms with Crippen molar-refractivity contribution in [3.05, 3.63) is 64.7 Å². The van der Waals surface area contributed by atoms with E-state index in [0.717, 1.165) is 40.5 Å². The van der Waals surface area contributed by atoms with Gasteiger partial charge in [-0.25, -0.2) is 17.6 Å². The van der Waals surface area contributed by atoms with Crippen molar-refractivity contribution in [3.8, 4) is 0 Å². The normalized spacial score (nSPS) is 14.6. The third-order valence-corrected chi connectivity index (χ3v) is 6.87. The lowest BCUT2D eigenvalue weighted by molar-refractivity contribution is 0.587. The Morgan fingerprint density at radius 2 is 1.90 bits per heavy atom. The van der Waals surface area contributed by atoms with Crippen molar-refractivity contribution in [2.45, 2.75) is 38.4 Å². The molecule has 0 unspecified atom stereocenters. The minimum atomic E-state index is -3.08. The second-order valence-corrected chi connectivity index (χ2v) is 10.6. The predicted molar refractivity (Wildman–Crippen MR) is 118 cm³/mol. The van der Waals surface area contributed by atoms with Crippen LogP contribution in [0, 0.1) is 5.82 Å². The molecule has 3 heterocycles. The van der Waals surface area contributed by atoms with Crippen LogP contribution in [0.2, 0.25) is 0 Å². The number of benzene rings is 1. The van der Waals surface area contributed by atoms with Gasteiger partial charge in [0.05, 0.1) is 29.5 Å². The maximum atomic E-state index is 13.8. The van der Waals surface area contributed by atoms with Crippen molar-refractivity contribution < 1.29 is 12.8 Å². The van der Waals surface area contributed by atoms with Crippen LogP contribution < -0.4 is 5.69 Å². The smallest absolute Gasteiger partial charge is 0.329 e. The third-order valence-electron chi connectivity index (χ3n) is 5.84. The van der Waals surface area contributed by atoms with Crippen LogP contribution in [0.4, 0.5) is 4.39 Å². The van der Waals surface area contributed by atoms with E-state index in [1.807, 2.05) is 21.3 Å². The molecule has 5 rings (SSSR count). The average Bonchev–Trinajstić information content (AvgIpc) is 3.43. The lowest BCUT2D eigenvalue weighted by Crippen LogP contribution is -2.25. The Morgan fingerprint density at radius 3 is 2.65 bits per heavy atom. The zero-order valence-electron chi connectivity index (χ0n) is 17.2. The lowest BCUT2D eigenvalue weighted by Gasteiger charge is -2.11. The van der Waals surface area contributed by atoms with Crippen LogP contribution in [0.15, 0.2) is 47.5 Å². The zero-order valence-corrected chi connectivity index (χ0v) is 18.0. The van der Waals surface area contributed by atoms with Gasteiger partial charge >= 0.3 is 5.69 Å². The molecule has 162 valence electrons. The summed E-state index contributed by atoms with van der Waals surface area (Å²) < 4.78 is 42.6. The molecule has 0 saturated heterocycles. The second kappa shape index (κ2) is 7.33. The standard InChI is InChI=1S/C22H23FN4O3S/c1-31(29,30)10-2-9-25-18(12-15-11-16(23)3-6-19(15)25)14-26-21-13-24-8-7-20(21)27(22(26)28)17-4-5-17/h3,6-8,11-13,17H,2,4-5,9-10,14H2,1H3. The van der Waals surface area contributed by atoms with E-state index in [0.29, 0.717) is 19.5 Å². The lowest BCUT2D eigenvalue weighted by atomic mass is 10.2. The first-order valence-electron chi connectivity index (χ1n) is 10.3. The van der Waals surface area contributed by atoms with Crippen molar-refractivity contribution in [1.82, 2.24) is 18.7 Å². The Morgan fingerprint density at radius 1 is 1.10 bits per heavy atom. The molecule has 0 aliphatic heterocycles. The van der Waals surface area contributed by atoms with Gasteiger partial charge in [0.25, 0.3) is 0 Å². The topological polar surface area (TPSA) is 78.9 Å². The highest BCUT2D eigenvalue weighted by molar-refractivity contribution is 7.90. The fraction of sp³-hybridized carbons (Fsp3) is 0.364. The second-order valence-electron chi connectivity index (χ2n) is 8.31. The summed E-state index contributed by atoms with van der Waals surface area (Å²) in [7, 11) is -3.08. The van der Waals surface area contributed by atoms with E-state index < -0.39 is 9.84 Å². The Hall–Kier alpha value is -2.94. The molecule has 1 fully saturated rings. The van der Waals surface area contributed by atoms with Crippen LogP contribution in [0.1, 0.15) is 31.0 Å². The summed E-state index contributed by atoms with van der Waals surface area (Å²) in [6.07, 6.45) is 7.03. The number of nitrogens with zero attached hydrogens (tertiary/aromatic N) is 4. The first-order valence-corrected chi connectivity index (χ1v) is 12.4. The van der Waals surface area contributed by atoms with Gasteiger partial charge in [0.15, 0.2) is 0 Å². The van der Waals surface area contributed by atoms with Crippen molar-refractivity contribution in [2.75, 3.05) is 12.0 Å². The van der Waals surface area contributed by atoms with Crippen LogP contribution >= 0.6 is 0 Å². The summed E-state index contributed by atoms with van der Waals surface area (Å²) in [5.74, 6) is -0.267. The number of imidazole rings is 1. The summed E-state index contributed by atoms with van der Waals surface area (Å²) in [5, 5.41) is 0.728. The molecule has 0 atom stereocenters. The molecule has 0 radical (unpaired) electrons. The fourth-order valence-electron chi connectivity index (χ4n) is 4.31. The molecular weight excluding hydrogens is 419 g/mol. The fourth-order valence-corrected chi connectivity index (χ4v) is 4.96. The summed E-state index contributed by atoms with van der Waals surface area (Å²) in [5.41, 5.74) is 3.20. The summed E-state index contributed by atoms with van der Waals surface area (Å²) in [6.45, 7) is 0.766. The highest BCUT2D eigenvalue weighted by Gasteiger charge is 2.29. The van der Waals surface area contributed by atoms with Gasteiger partial charge in [-0.15, -0.1) is 0 Å². The number of halogens is 1. The van der Waals surface area contributed by atoms with E-state index in [-0.39, 0.29) is 23.3 Å². The number of pyridine rings is 1. The number of fused-ring (bicyclic) bond motifs is 2. The van der Waals surface area contributed by atoms with Crippen molar-refractivity contribution in [1.29, 1.82) is 0 Å². The molecule has 9 heteroatoms. The molecule has 31 heavy (non-hydrogen) atoms. The van der Waals surface area contributed by atoms with Crippen LogP contribution in [0.3, 0.4) is 0 Å². The predicted octanol–water partition coefficient (Wildman–Crippen LogP) is 3.11. The largest absolute Gasteiger partial charge is 0.343 e. The molecule has 1 aromatic carbocycles. The molecule has 0 spiro atoms. The van der Waals surface area contributed by atoms with E-state index in [4.69, 9.17) is 0 Å². The van der Waals surface area contributed by atoms with Gasteiger partial charge in [-0.1, -0.05) is 0 Å². The molecule has 0 N–H and O–H groups in total. The zero-order chi connectivity index (χ0) is 21.8. The van der Waals surface area contributed by atoms with E-state index >= 15 is 0 Å². The Kier molecular flexibility index (Phi) is 4.73. The average molecular weight is 443 g/mol. The maximum Gasteiger partial charge on any atom is 0.329 e. The Balaban J connectivity index is 1.60. The van der Waals surface area contributed by atoms with E-state index in [9.17, 15) is 17.6 Å². The van der Waals surface area contributed by atoms with E-state index in [1.54, 1.807) is 23.0 Å². The van der Waals surface area contributed by atoms with Crippen molar-refractivity contribution >= 4 is 31.8 Å². The molecule has 0 amide bonds. The quantitative estimate of drug-likeness (QED) is 0.441. The summed E-state index contributed by atoms with van der Waals surface area (Å²) >= 11 is 0. The number of aryl methyl sites for hydroxylation is 1. The van der Waals surface area contributed by atoms with Gasteiger partial charge in [-0.3, -0.25) is 14.1 Å². The number of hydrogen-bond donors (Lipinski definition) is 0. The van der Waals surface area contributed by atoms with E-state index in [2.05, 4.69) is 4.98 Å². The van der Waals surface area contributed by atoms with Crippen LogP contribution in [0.5, 0.6) is 0 Å². The molecular formula is C22H23FN4O3S. The highest BCUT2D eigenvalue weighted by Crippen LogP contribution is 2.36. The first kappa shape index (κ1) is 20.0. The summed E-state index contributed by atoms with van der Waals surface area (Å²) in [6, 6.07) is 8.53. The first-order chi connectivity index (χ1) is 14.8. The molecule has 4 aromatic rings. The van der Waals surface area contributed by atoms with Crippen molar-refractivity contribution in [2.24, 2.45) is 0 Å². The minimum Gasteiger partial charge on any atom is -0.343 e. The van der Waals surface area contributed by atoms with E-state index in [1.165, 1.54) is 18.4 Å². The number of rotatable bonds is 7. The number of hydrogen-bond acceptors (Lipinski definition) is 4. The Bertz CT molecular complexity index is 1460. The van der Waals surface area contributed by atoms with Gasteiger partial charge in [0.1, 0.15) is 15.7 Å². The van der Waals surface area contributed by atoms with Gasteiger partial charge in [0, 0.05) is 41.6 Å².